The first-order valence-corrected chi connectivity index (χ1v) is 10.4. The second-order valence-electron chi connectivity index (χ2n) is 6.95. The molecule has 1 aromatic carbocycles. The van der Waals surface area contributed by atoms with E-state index in [1.54, 1.807) is 11.1 Å². The molecule has 3 heterocycles. The first-order valence-electron chi connectivity index (χ1n) is 9.55. The minimum Gasteiger partial charge on any atom is -0.493 e. The molecule has 164 valence electrons. The van der Waals surface area contributed by atoms with Gasteiger partial charge in [-0.15, -0.1) is 11.3 Å². The molecule has 0 atom stereocenters. The van der Waals surface area contributed by atoms with Crippen molar-refractivity contribution in [1.29, 1.82) is 0 Å². The maximum atomic E-state index is 12.8. The molecule has 1 fully saturated rings. The molecule has 1 aliphatic rings. The third kappa shape index (κ3) is 4.67. The number of fused-ring (bicyclic) bond motifs is 1. The van der Waals surface area contributed by atoms with Crippen LogP contribution in [0, 0.1) is 0 Å². The van der Waals surface area contributed by atoms with E-state index in [2.05, 4.69) is 14.6 Å². The van der Waals surface area contributed by atoms with Gasteiger partial charge in [0.2, 0.25) is 0 Å². The van der Waals surface area contributed by atoms with E-state index in [1.165, 1.54) is 47.1 Å². The summed E-state index contributed by atoms with van der Waals surface area (Å²) in [5.41, 5.74) is 0.930. The van der Waals surface area contributed by atoms with Gasteiger partial charge >= 0.3 is 6.61 Å². The summed E-state index contributed by atoms with van der Waals surface area (Å²) >= 11 is 1.41. The summed E-state index contributed by atoms with van der Waals surface area (Å²) in [6, 6.07) is 5.69. The van der Waals surface area contributed by atoms with E-state index >= 15 is 0 Å². The number of thiazole rings is 1. The van der Waals surface area contributed by atoms with Gasteiger partial charge in [-0.2, -0.15) is 8.78 Å². The maximum absolute atomic E-state index is 12.8. The standard InChI is InChI=1S/C20H20F2N4O4S/c1-29-16-10-13(2-3-15(16)30-19(21)22)18(28)25-6-4-24(5-7-25)12-14-11-17(27)26-8-9-31-20(26)23-14/h2-3,8-11,19H,4-7,12H2,1H3. The number of hydrogen-bond acceptors (Lipinski definition) is 7. The molecule has 0 aliphatic carbocycles. The Kier molecular flexibility index (Phi) is 6.14. The number of carbonyl (C=O) groups is 1. The van der Waals surface area contributed by atoms with E-state index in [0.29, 0.717) is 48.9 Å². The minimum absolute atomic E-state index is 0.0751. The Morgan fingerprint density at radius 2 is 1.97 bits per heavy atom. The Hall–Kier alpha value is -3.05. The molecule has 0 bridgehead atoms. The summed E-state index contributed by atoms with van der Waals surface area (Å²) in [7, 11) is 1.33. The van der Waals surface area contributed by atoms with Crippen LogP contribution in [-0.2, 0) is 6.54 Å². The summed E-state index contributed by atoms with van der Waals surface area (Å²) in [4.78, 5) is 34.0. The zero-order chi connectivity index (χ0) is 22.0. The Balaban J connectivity index is 1.39. The minimum atomic E-state index is -2.98. The number of carbonyl (C=O) groups excluding carboxylic acids is 1. The van der Waals surface area contributed by atoms with Crippen molar-refractivity contribution in [2.45, 2.75) is 13.2 Å². The number of benzene rings is 1. The Labute approximate surface area is 180 Å². The predicted octanol–water partition coefficient (Wildman–Crippen LogP) is 2.32. The van der Waals surface area contributed by atoms with Crippen molar-refractivity contribution in [3.63, 3.8) is 0 Å². The number of ether oxygens (including phenoxy) is 2. The van der Waals surface area contributed by atoms with Gasteiger partial charge in [-0.1, -0.05) is 0 Å². The number of rotatable bonds is 6. The summed E-state index contributed by atoms with van der Waals surface area (Å²) in [5.74, 6) is -0.256. The highest BCUT2D eigenvalue weighted by Crippen LogP contribution is 2.30. The Morgan fingerprint density at radius 3 is 2.68 bits per heavy atom. The number of amides is 1. The van der Waals surface area contributed by atoms with Gasteiger partial charge in [0.1, 0.15) is 0 Å². The van der Waals surface area contributed by atoms with E-state index in [-0.39, 0.29) is 23.0 Å². The van der Waals surface area contributed by atoms with Crippen LogP contribution < -0.4 is 15.0 Å². The van der Waals surface area contributed by atoms with E-state index in [4.69, 9.17) is 4.74 Å². The number of nitrogens with zero attached hydrogens (tertiary/aromatic N) is 4. The second-order valence-corrected chi connectivity index (χ2v) is 7.83. The third-order valence-electron chi connectivity index (χ3n) is 5.03. The van der Waals surface area contributed by atoms with Crippen LogP contribution >= 0.6 is 11.3 Å². The zero-order valence-corrected chi connectivity index (χ0v) is 17.5. The molecule has 0 radical (unpaired) electrons. The highest BCUT2D eigenvalue weighted by molar-refractivity contribution is 7.15. The largest absolute Gasteiger partial charge is 0.493 e. The highest BCUT2D eigenvalue weighted by atomic mass is 32.1. The van der Waals surface area contributed by atoms with Crippen molar-refractivity contribution in [2.75, 3.05) is 33.3 Å². The summed E-state index contributed by atoms with van der Waals surface area (Å²) < 4.78 is 35.9. The molecule has 1 aliphatic heterocycles. The monoisotopic (exact) mass is 450 g/mol. The van der Waals surface area contributed by atoms with Crippen LogP contribution in [0.3, 0.4) is 0 Å². The SMILES string of the molecule is COc1cc(C(=O)N2CCN(Cc3cc(=O)n4ccsc4n3)CC2)ccc1OC(F)F. The Bertz CT molecular complexity index is 1140. The molecule has 1 amide bonds. The van der Waals surface area contributed by atoms with Crippen LogP contribution in [-0.4, -0.2) is 65.0 Å². The smallest absolute Gasteiger partial charge is 0.387 e. The molecule has 31 heavy (non-hydrogen) atoms. The van der Waals surface area contributed by atoms with Crippen LogP contribution in [0.1, 0.15) is 16.1 Å². The van der Waals surface area contributed by atoms with E-state index in [9.17, 15) is 18.4 Å². The van der Waals surface area contributed by atoms with Crippen LogP contribution in [0.2, 0.25) is 0 Å². The van der Waals surface area contributed by atoms with Gasteiger partial charge in [-0.05, 0) is 18.2 Å². The van der Waals surface area contributed by atoms with Crippen molar-refractivity contribution < 1.29 is 23.0 Å². The molecule has 11 heteroatoms. The molecular weight excluding hydrogens is 430 g/mol. The molecule has 3 aromatic rings. The molecule has 1 saturated heterocycles. The fourth-order valence-electron chi connectivity index (χ4n) is 3.48. The number of methoxy groups -OCH3 is 1. The van der Waals surface area contributed by atoms with Gasteiger partial charge in [-0.3, -0.25) is 18.9 Å². The lowest BCUT2D eigenvalue weighted by Gasteiger charge is -2.34. The molecule has 4 rings (SSSR count). The fourth-order valence-corrected chi connectivity index (χ4v) is 4.22. The normalized spacial score (nSPS) is 14.9. The van der Waals surface area contributed by atoms with Crippen molar-refractivity contribution in [1.82, 2.24) is 19.2 Å². The fraction of sp³-hybridized carbons (Fsp3) is 0.350. The van der Waals surface area contributed by atoms with Crippen LogP contribution in [0.4, 0.5) is 8.78 Å². The van der Waals surface area contributed by atoms with Crippen LogP contribution in [0.25, 0.3) is 4.96 Å². The first kappa shape index (κ1) is 21.2. The summed E-state index contributed by atoms with van der Waals surface area (Å²) in [6.45, 7) is -0.205. The van der Waals surface area contributed by atoms with Crippen LogP contribution in [0.5, 0.6) is 11.5 Å². The third-order valence-corrected chi connectivity index (χ3v) is 5.78. The topological polar surface area (TPSA) is 76.4 Å². The molecule has 0 spiro atoms. The molecule has 0 N–H and O–H groups in total. The molecule has 2 aromatic heterocycles. The van der Waals surface area contributed by atoms with E-state index in [1.807, 2.05) is 5.38 Å². The summed E-state index contributed by atoms with van der Waals surface area (Å²) in [6.07, 6.45) is 1.70. The zero-order valence-electron chi connectivity index (χ0n) is 16.7. The quantitative estimate of drug-likeness (QED) is 0.574. The molecule has 0 saturated carbocycles. The highest BCUT2D eigenvalue weighted by Gasteiger charge is 2.24. The molecule has 8 nitrogen and oxygen atoms in total. The van der Waals surface area contributed by atoms with Crippen molar-refractivity contribution in [3.8, 4) is 11.5 Å². The number of aromatic nitrogens is 2. The van der Waals surface area contributed by atoms with Gasteiger partial charge in [0, 0.05) is 55.9 Å². The van der Waals surface area contributed by atoms with E-state index in [0.717, 1.165) is 0 Å². The maximum Gasteiger partial charge on any atom is 0.387 e. The lowest BCUT2D eigenvalue weighted by molar-refractivity contribution is -0.0512. The lowest BCUT2D eigenvalue weighted by Crippen LogP contribution is -2.48. The summed E-state index contributed by atoms with van der Waals surface area (Å²) in [5, 5.41) is 1.82. The first-order chi connectivity index (χ1) is 14.9. The van der Waals surface area contributed by atoms with Crippen molar-refractivity contribution in [3.05, 3.63) is 57.5 Å². The number of hydrogen-bond donors (Lipinski definition) is 0. The van der Waals surface area contributed by atoms with E-state index < -0.39 is 6.61 Å². The van der Waals surface area contributed by atoms with Gasteiger partial charge < -0.3 is 14.4 Å². The number of halogens is 2. The molecular formula is C20H20F2N4O4S. The van der Waals surface area contributed by atoms with Gasteiger partial charge in [0.05, 0.1) is 12.8 Å². The van der Waals surface area contributed by atoms with Gasteiger partial charge in [0.25, 0.3) is 11.5 Å². The Morgan fingerprint density at radius 1 is 1.19 bits per heavy atom. The van der Waals surface area contributed by atoms with Gasteiger partial charge in [0.15, 0.2) is 16.5 Å². The van der Waals surface area contributed by atoms with Crippen molar-refractivity contribution in [2.24, 2.45) is 0 Å². The molecule has 0 unspecified atom stereocenters. The average Bonchev–Trinajstić information content (AvgIpc) is 3.23. The predicted molar refractivity (Wildman–Crippen MR) is 110 cm³/mol. The van der Waals surface area contributed by atoms with Crippen molar-refractivity contribution >= 4 is 22.2 Å². The van der Waals surface area contributed by atoms with Crippen LogP contribution in [0.15, 0.2) is 40.6 Å². The lowest BCUT2D eigenvalue weighted by atomic mass is 10.1. The number of alkyl halides is 2. The van der Waals surface area contributed by atoms with Gasteiger partial charge in [-0.25, -0.2) is 4.98 Å². The number of piperazine rings is 1. The second kappa shape index (κ2) is 8.98. The average molecular weight is 450 g/mol.